The number of ether oxygens (including phenoxy) is 1. The molecule has 1 aromatic rings. The average Bonchev–Trinajstić information content (AvgIpc) is 2.58. The highest BCUT2D eigenvalue weighted by molar-refractivity contribution is 9.10. The van der Waals surface area contributed by atoms with Gasteiger partial charge in [-0.05, 0) is 18.2 Å². The first-order chi connectivity index (χ1) is 8.05. The smallest absolute Gasteiger partial charge is 0.261 e. The Bertz CT molecular complexity index is 387. The summed E-state index contributed by atoms with van der Waals surface area (Å²) in [6.45, 7) is 1.29. The zero-order chi connectivity index (χ0) is 12.3. The SMILES string of the molecule is FC1(F)CCN(CCOc2cccc(Br)c2)C1. The van der Waals surface area contributed by atoms with Gasteiger partial charge in [0.05, 0.1) is 6.54 Å². The van der Waals surface area contributed by atoms with Crippen LogP contribution in [0.5, 0.6) is 5.75 Å². The number of rotatable bonds is 4. The third-order valence-corrected chi connectivity index (χ3v) is 3.21. The lowest BCUT2D eigenvalue weighted by atomic mass is 10.3. The Hall–Kier alpha value is -0.680. The molecule has 0 radical (unpaired) electrons. The number of likely N-dealkylation sites (tertiary alicyclic amines) is 1. The fourth-order valence-electron chi connectivity index (χ4n) is 1.85. The summed E-state index contributed by atoms with van der Waals surface area (Å²) < 4.78 is 32.3. The van der Waals surface area contributed by atoms with E-state index in [0.717, 1.165) is 10.2 Å². The molecule has 0 unspecified atom stereocenters. The molecular weight excluding hydrogens is 292 g/mol. The fraction of sp³-hybridized carbons (Fsp3) is 0.500. The molecule has 1 saturated heterocycles. The fourth-order valence-corrected chi connectivity index (χ4v) is 2.23. The van der Waals surface area contributed by atoms with Gasteiger partial charge in [-0.25, -0.2) is 8.78 Å². The van der Waals surface area contributed by atoms with Crippen molar-refractivity contribution in [3.63, 3.8) is 0 Å². The summed E-state index contributed by atoms with van der Waals surface area (Å²) in [7, 11) is 0. The summed E-state index contributed by atoms with van der Waals surface area (Å²) in [6, 6.07) is 7.50. The van der Waals surface area contributed by atoms with E-state index in [1.807, 2.05) is 24.3 Å². The predicted octanol–water partition coefficient (Wildman–Crippen LogP) is 3.17. The predicted molar refractivity (Wildman–Crippen MR) is 65.6 cm³/mol. The van der Waals surface area contributed by atoms with E-state index < -0.39 is 5.92 Å². The highest BCUT2D eigenvalue weighted by atomic mass is 79.9. The van der Waals surface area contributed by atoms with Crippen molar-refractivity contribution in [2.45, 2.75) is 12.3 Å². The maximum absolute atomic E-state index is 12.9. The van der Waals surface area contributed by atoms with Crippen LogP contribution in [0.3, 0.4) is 0 Å². The summed E-state index contributed by atoms with van der Waals surface area (Å²) in [4.78, 5) is 1.73. The molecule has 0 aromatic heterocycles. The van der Waals surface area contributed by atoms with Crippen LogP contribution < -0.4 is 4.74 Å². The minimum absolute atomic E-state index is 0.0378. The number of alkyl halides is 2. The van der Waals surface area contributed by atoms with Crippen LogP contribution in [0.4, 0.5) is 8.78 Å². The Morgan fingerprint density at radius 2 is 2.24 bits per heavy atom. The Kier molecular flexibility index (Phi) is 3.99. The van der Waals surface area contributed by atoms with E-state index in [-0.39, 0.29) is 13.0 Å². The molecule has 0 atom stereocenters. The largest absolute Gasteiger partial charge is 0.492 e. The van der Waals surface area contributed by atoms with Gasteiger partial charge in [0, 0.05) is 24.0 Å². The molecule has 0 bridgehead atoms. The van der Waals surface area contributed by atoms with Gasteiger partial charge in [-0.3, -0.25) is 4.90 Å². The maximum Gasteiger partial charge on any atom is 0.261 e. The van der Waals surface area contributed by atoms with Crippen LogP contribution in [0.1, 0.15) is 6.42 Å². The van der Waals surface area contributed by atoms with Crippen LogP contribution >= 0.6 is 15.9 Å². The van der Waals surface area contributed by atoms with Gasteiger partial charge in [0.25, 0.3) is 5.92 Å². The third-order valence-electron chi connectivity index (χ3n) is 2.72. The molecule has 0 aliphatic carbocycles. The third kappa shape index (κ3) is 3.92. The first-order valence-electron chi connectivity index (χ1n) is 5.54. The summed E-state index contributed by atoms with van der Waals surface area (Å²) in [5.41, 5.74) is 0. The van der Waals surface area contributed by atoms with Gasteiger partial charge in [0.1, 0.15) is 12.4 Å². The zero-order valence-corrected chi connectivity index (χ0v) is 10.9. The van der Waals surface area contributed by atoms with Crippen LogP contribution in [0.25, 0.3) is 0 Å². The molecule has 1 aromatic carbocycles. The summed E-state index contributed by atoms with van der Waals surface area (Å²) >= 11 is 3.35. The molecule has 0 amide bonds. The first kappa shape index (κ1) is 12.8. The average molecular weight is 306 g/mol. The number of hydrogen-bond donors (Lipinski definition) is 0. The van der Waals surface area contributed by atoms with Gasteiger partial charge in [0.15, 0.2) is 0 Å². The second-order valence-electron chi connectivity index (χ2n) is 4.19. The highest BCUT2D eigenvalue weighted by Gasteiger charge is 2.37. The van der Waals surface area contributed by atoms with Crippen molar-refractivity contribution in [1.29, 1.82) is 0 Å². The monoisotopic (exact) mass is 305 g/mol. The van der Waals surface area contributed by atoms with Gasteiger partial charge in [-0.2, -0.15) is 0 Å². The number of nitrogens with zero attached hydrogens (tertiary/aromatic N) is 1. The molecule has 1 heterocycles. The Morgan fingerprint density at radius 1 is 1.41 bits per heavy atom. The quantitative estimate of drug-likeness (QED) is 0.847. The van der Waals surface area contributed by atoms with Gasteiger partial charge in [0.2, 0.25) is 0 Å². The van der Waals surface area contributed by atoms with Crippen LogP contribution in [-0.4, -0.2) is 37.1 Å². The van der Waals surface area contributed by atoms with E-state index in [1.165, 1.54) is 0 Å². The molecule has 1 aliphatic rings. The van der Waals surface area contributed by atoms with Crippen LogP contribution in [0.15, 0.2) is 28.7 Å². The second-order valence-corrected chi connectivity index (χ2v) is 5.10. The zero-order valence-electron chi connectivity index (χ0n) is 9.33. The van der Waals surface area contributed by atoms with Crippen molar-refractivity contribution >= 4 is 15.9 Å². The van der Waals surface area contributed by atoms with E-state index in [9.17, 15) is 8.78 Å². The second kappa shape index (κ2) is 5.31. The van der Waals surface area contributed by atoms with Crippen molar-refractivity contribution < 1.29 is 13.5 Å². The number of benzene rings is 1. The molecule has 2 nitrogen and oxygen atoms in total. The lowest BCUT2D eigenvalue weighted by molar-refractivity contribution is 0.0113. The number of halogens is 3. The van der Waals surface area contributed by atoms with Gasteiger partial charge >= 0.3 is 0 Å². The van der Waals surface area contributed by atoms with E-state index >= 15 is 0 Å². The molecule has 2 rings (SSSR count). The molecule has 5 heteroatoms. The molecule has 1 aliphatic heterocycles. The molecule has 1 fully saturated rings. The number of hydrogen-bond acceptors (Lipinski definition) is 2. The van der Waals surface area contributed by atoms with Crippen molar-refractivity contribution in [1.82, 2.24) is 4.90 Å². The summed E-state index contributed by atoms with van der Waals surface area (Å²) in [5, 5.41) is 0. The normalized spacial score (nSPS) is 19.5. The van der Waals surface area contributed by atoms with Crippen molar-refractivity contribution in [2.75, 3.05) is 26.2 Å². The summed E-state index contributed by atoms with van der Waals surface area (Å²) in [6.07, 6.45) is -0.0378. The van der Waals surface area contributed by atoms with Crippen LogP contribution in [0, 0.1) is 0 Å². The van der Waals surface area contributed by atoms with E-state index in [2.05, 4.69) is 15.9 Å². The highest BCUT2D eigenvalue weighted by Crippen LogP contribution is 2.26. The van der Waals surface area contributed by atoms with Gasteiger partial charge in [-0.15, -0.1) is 0 Å². The summed E-state index contributed by atoms with van der Waals surface area (Å²) in [5.74, 6) is -1.76. The molecule has 0 N–H and O–H groups in total. The molecule has 17 heavy (non-hydrogen) atoms. The minimum atomic E-state index is -2.52. The van der Waals surface area contributed by atoms with E-state index in [1.54, 1.807) is 4.90 Å². The van der Waals surface area contributed by atoms with Gasteiger partial charge < -0.3 is 4.74 Å². The first-order valence-corrected chi connectivity index (χ1v) is 6.33. The Morgan fingerprint density at radius 3 is 2.88 bits per heavy atom. The molecule has 0 spiro atoms. The molecule has 94 valence electrons. The standard InChI is InChI=1S/C12H14BrF2NO/c13-10-2-1-3-11(8-10)17-7-6-16-5-4-12(14,15)9-16/h1-3,8H,4-7,9H2. The van der Waals surface area contributed by atoms with Gasteiger partial charge in [-0.1, -0.05) is 22.0 Å². The maximum atomic E-state index is 12.9. The van der Waals surface area contributed by atoms with E-state index in [4.69, 9.17) is 4.74 Å². The van der Waals surface area contributed by atoms with Crippen LogP contribution in [0.2, 0.25) is 0 Å². The minimum Gasteiger partial charge on any atom is -0.492 e. The van der Waals surface area contributed by atoms with Crippen LogP contribution in [-0.2, 0) is 0 Å². The molecule has 0 saturated carbocycles. The van der Waals surface area contributed by atoms with Crippen molar-refractivity contribution in [2.24, 2.45) is 0 Å². The molecular formula is C12H14BrF2NO. The Labute approximate surface area is 108 Å². The topological polar surface area (TPSA) is 12.5 Å². The van der Waals surface area contributed by atoms with E-state index in [0.29, 0.717) is 19.7 Å². The van der Waals surface area contributed by atoms with Crippen molar-refractivity contribution in [3.8, 4) is 5.75 Å². The lowest BCUT2D eigenvalue weighted by Gasteiger charge is -2.15. The lowest BCUT2D eigenvalue weighted by Crippen LogP contribution is -2.29. The Balaban J connectivity index is 1.73. The van der Waals surface area contributed by atoms with Crippen molar-refractivity contribution in [3.05, 3.63) is 28.7 Å².